The molecule has 2 aromatic rings. The summed E-state index contributed by atoms with van der Waals surface area (Å²) in [5.41, 5.74) is 2.28. The standard InChI is InChI=1S/C23H28N2O5S/c1-15(23(27)30-17-6-4-3-5-7-17)25-19-12-16(8-9-20(19)29-13-22(25)26)18-14-31-21(24-18)10-11-28-2/h8-9,12,14-15,17H,3-7,10-11,13H2,1-2H3. The number of nitrogens with zero attached hydrogens (tertiary/aromatic N) is 2. The third-order valence-corrected chi connectivity index (χ3v) is 6.68. The smallest absolute Gasteiger partial charge is 0.329 e. The second-order valence-electron chi connectivity index (χ2n) is 7.98. The first-order valence-electron chi connectivity index (χ1n) is 10.8. The Morgan fingerprint density at radius 1 is 1.32 bits per heavy atom. The SMILES string of the molecule is COCCc1nc(-c2ccc3c(c2)N(C(C)C(=O)OC2CCCCC2)C(=O)CO3)cs1. The minimum Gasteiger partial charge on any atom is -0.482 e. The van der Waals surface area contributed by atoms with Crippen molar-refractivity contribution in [2.75, 3.05) is 25.2 Å². The van der Waals surface area contributed by atoms with Crippen molar-refractivity contribution >= 4 is 28.9 Å². The maximum absolute atomic E-state index is 12.8. The van der Waals surface area contributed by atoms with E-state index in [1.54, 1.807) is 25.4 Å². The first-order chi connectivity index (χ1) is 15.1. The van der Waals surface area contributed by atoms with Gasteiger partial charge in [-0.15, -0.1) is 11.3 Å². The van der Waals surface area contributed by atoms with E-state index >= 15 is 0 Å². The molecular weight excluding hydrogens is 416 g/mol. The van der Waals surface area contributed by atoms with E-state index < -0.39 is 6.04 Å². The molecule has 0 spiro atoms. The number of carbonyl (C=O) groups is 2. The molecule has 1 fully saturated rings. The lowest BCUT2D eigenvalue weighted by molar-refractivity contribution is -0.152. The van der Waals surface area contributed by atoms with Crippen LogP contribution in [0.1, 0.15) is 44.0 Å². The molecule has 1 saturated carbocycles. The van der Waals surface area contributed by atoms with Crippen LogP contribution in [0.25, 0.3) is 11.3 Å². The van der Waals surface area contributed by atoms with Crippen molar-refractivity contribution in [3.63, 3.8) is 0 Å². The molecule has 1 atom stereocenters. The van der Waals surface area contributed by atoms with Crippen LogP contribution in [0.4, 0.5) is 5.69 Å². The van der Waals surface area contributed by atoms with Gasteiger partial charge in [-0.05, 0) is 50.8 Å². The van der Waals surface area contributed by atoms with E-state index in [1.165, 1.54) is 11.3 Å². The number of aromatic nitrogens is 1. The Balaban J connectivity index is 1.56. The maximum Gasteiger partial charge on any atom is 0.329 e. The van der Waals surface area contributed by atoms with Crippen molar-refractivity contribution in [3.8, 4) is 17.0 Å². The van der Waals surface area contributed by atoms with Crippen LogP contribution < -0.4 is 9.64 Å². The number of amides is 1. The summed E-state index contributed by atoms with van der Waals surface area (Å²) in [6, 6.07) is 4.90. The number of hydrogen-bond donors (Lipinski definition) is 0. The number of ether oxygens (including phenoxy) is 3. The predicted octanol–water partition coefficient (Wildman–Crippen LogP) is 3.99. The van der Waals surface area contributed by atoms with E-state index in [2.05, 4.69) is 4.98 Å². The van der Waals surface area contributed by atoms with Crippen molar-refractivity contribution in [1.29, 1.82) is 0 Å². The fraction of sp³-hybridized carbons (Fsp3) is 0.522. The van der Waals surface area contributed by atoms with Gasteiger partial charge in [0.15, 0.2) is 6.61 Å². The Morgan fingerprint density at radius 3 is 2.90 bits per heavy atom. The lowest BCUT2D eigenvalue weighted by atomic mass is 9.98. The monoisotopic (exact) mass is 444 g/mol. The van der Waals surface area contributed by atoms with E-state index in [0.29, 0.717) is 18.0 Å². The number of fused-ring (bicyclic) bond motifs is 1. The molecule has 2 aliphatic rings. The Morgan fingerprint density at radius 2 is 2.13 bits per heavy atom. The molecule has 1 aliphatic heterocycles. The van der Waals surface area contributed by atoms with Crippen LogP contribution in [0, 0.1) is 0 Å². The van der Waals surface area contributed by atoms with E-state index in [-0.39, 0.29) is 24.6 Å². The van der Waals surface area contributed by atoms with E-state index in [1.807, 2.05) is 23.6 Å². The lowest BCUT2D eigenvalue weighted by Gasteiger charge is -2.34. The van der Waals surface area contributed by atoms with Crippen LogP contribution >= 0.6 is 11.3 Å². The van der Waals surface area contributed by atoms with E-state index in [0.717, 1.165) is 48.4 Å². The van der Waals surface area contributed by atoms with Gasteiger partial charge in [0.05, 0.1) is 23.0 Å². The topological polar surface area (TPSA) is 78.0 Å². The average molecular weight is 445 g/mol. The largest absolute Gasteiger partial charge is 0.482 e. The van der Waals surface area contributed by atoms with Gasteiger partial charge >= 0.3 is 5.97 Å². The summed E-state index contributed by atoms with van der Waals surface area (Å²) >= 11 is 1.58. The van der Waals surface area contributed by atoms with Gasteiger partial charge in [-0.25, -0.2) is 9.78 Å². The number of methoxy groups -OCH3 is 1. The molecule has 8 heteroatoms. The molecule has 0 N–H and O–H groups in total. The first-order valence-corrected chi connectivity index (χ1v) is 11.7. The number of anilines is 1. The second-order valence-corrected chi connectivity index (χ2v) is 8.92. The Hall–Kier alpha value is -2.45. The van der Waals surface area contributed by atoms with Gasteiger partial charge < -0.3 is 14.2 Å². The van der Waals surface area contributed by atoms with E-state index in [4.69, 9.17) is 14.2 Å². The number of rotatable bonds is 7. The molecule has 1 amide bonds. The number of thiazole rings is 1. The van der Waals surface area contributed by atoms with Gasteiger partial charge in [-0.1, -0.05) is 6.42 Å². The molecule has 166 valence electrons. The molecule has 0 bridgehead atoms. The van der Waals surface area contributed by atoms with Crippen LogP contribution in [0.5, 0.6) is 5.75 Å². The number of carbonyl (C=O) groups excluding carboxylic acids is 2. The highest BCUT2D eigenvalue weighted by atomic mass is 32.1. The Labute approximate surface area is 186 Å². The number of esters is 1. The molecule has 7 nitrogen and oxygen atoms in total. The normalized spacial score (nSPS) is 17.7. The fourth-order valence-electron chi connectivity index (χ4n) is 4.05. The minimum absolute atomic E-state index is 0.0498. The summed E-state index contributed by atoms with van der Waals surface area (Å²) in [6.45, 7) is 2.25. The minimum atomic E-state index is -0.722. The molecule has 4 rings (SSSR count). The van der Waals surface area contributed by atoms with Gasteiger partial charge in [0.2, 0.25) is 0 Å². The van der Waals surface area contributed by atoms with Crippen molar-refractivity contribution in [1.82, 2.24) is 4.98 Å². The summed E-state index contributed by atoms with van der Waals surface area (Å²) in [6.07, 6.45) is 5.84. The van der Waals surface area contributed by atoms with Crippen molar-refractivity contribution < 1.29 is 23.8 Å². The van der Waals surface area contributed by atoms with Crippen LogP contribution in [-0.2, 0) is 25.5 Å². The third kappa shape index (κ3) is 4.91. The van der Waals surface area contributed by atoms with Crippen LogP contribution in [0.3, 0.4) is 0 Å². The van der Waals surface area contributed by atoms with Gasteiger partial charge in [-0.3, -0.25) is 9.69 Å². The first kappa shape index (κ1) is 21.8. The molecule has 0 saturated heterocycles. The van der Waals surface area contributed by atoms with Crippen molar-refractivity contribution in [2.45, 2.75) is 57.6 Å². The van der Waals surface area contributed by atoms with Gasteiger partial charge in [-0.2, -0.15) is 0 Å². The molecule has 1 aromatic heterocycles. The fourth-order valence-corrected chi connectivity index (χ4v) is 4.84. The quantitative estimate of drug-likeness (QED) is 0.601. The molecular formula is C23H28N2O5S. The average Bonchev–Trinajstić information content (AvgIpc) is 3.26. The van der Waals surface area contributed by atoms with Gasteiger partial charge in [0, 0.05) is 24.5 Å². The number of benzene rings is 1. The molecule has 0 radical (unpaired) electrons. The molecule has 1 unspecified atom stereocenters. The lowest BCUT2D eigenvalue weighted by Crippen LogP contribution is -2.49. The highest BCUT2D eigenvalue weighted by molar-refractivity contribution is 7.09. The van der Waals surface area contributed by atoms with Crippen LogP contribution in [0.15, 0.2) is 23.6 Å². The molecule has 31 heavy (non-hydrogen) atoms. The zero-order valence-corrected chi connectivity index (χ0v) is 18.8. The van der Waals surface area contributed by atoms with Crippen LogP contribution in [0.2, 0.25) is 0 Å². The molecule has 1 aliphatic carbocycles. The highest BCUT2D eigenvalue weighted by Gasteiger charge is 2.35. The Kier molecular flexibility index (Phi) is 6.87. The molecule has 1 aromatic carbocycles. The summed E-state index contributed by atoms with van der Waals surface area (Å²) in [5, 5.41) is 2.98. The van der Waals surface area contributed by atoms with E-state index in [9.17, 15) is 9.59 Å². The van der Waals surface area contributed by atoms with Crippen molar-refractivity contribution in [2.24, 2.45) is 0 Å². The summed E-state index contributed by atoms with van der Waals surface area (Å²) in [5.74, 6) is -0.0404. The summed E-state index contributed by atoms with van der Waals surface area (Å²) in [7, 11) is 1.67. The Bertz CT molecular complexity index is 938. The third-order valence-electron chi connectivity index (χ3n) is 5.77. The van der Waals surface area contributed by atoms with Gasteiger partial charge in [0.1, 0.15) is 17.9 Å². The van der Waals surface area contributed by atoms with Crippen molar-refractivity contribution in [3.05, 3.63) is 28.6 Å². The predicted molar refractivity (Wildman–Crippen MR) is 119 cm³/mol. The maximum atomic E-state index is 12.8. The van der Waals surface area contributed by atoms with Gasteiger partial charge in [0.25, 0.3) is 5.91 Å². The highest BCUT2D eigenvalue weighted by Crippen LogP contribution is 2.37. The second kappa shape index (κ2) is 9.78. The zero-order chi connectivity index (χ0) is 21.8. The number of hydrogen-bond acceptors (Lipinski definition) is 7. The summed E-state index contributed by atoms with van der Waals surface area (Å²) < 4.78 is 16.5. The zero-order valence-electron chi connectivity index (χ0n) is 18.0. The summed E-state index contributed by atoms with van der Waals surface area (Å²) in [4.78, 5) is 31.8. The van der Waals surface area contributed by atoms with Crippen LogP contribution in [-0.4, -0.2) is 49.3 Å². The molecule has 2 heterocycles.